The van der Waals surface area contributed by atoms with Crippen molar-refractivity contribution in [2.45, 2.75) is 84.2 Å². The van der Waals surface area contributed by atoms with Crippen LogP contribution in [0.4, 0.5) is 14.0 Å². The Labute approximate surface area is 330 Å². The quantitative estimate of drug-likeness (QED) is 0.144. The highest BCUT2D eigenvalue weighted by atomic mass is 19.1. The van der Waals surface area contributed by atoms with Crippen molar-refractivity contribution in [3.63, 3.8) is 0 Å². The van der Waals surface area contributed by atoms with Crippen LogP contribution in [-0.4, -0.2) is 93.1 Å². The standard InChI is InChI=1S/C41H49FN8O7/c1-21(2)33(47-40(53)55-5)38(51)49-15-7-9-30(49)36-43-18-28(45-36)23-11-12-25-24(17-23)20-57-35-26(25)13-14-27(32(35)42)29-19-44-37(46-29)31-10-8-16-50(31)39(52)34(22(3)4)48-41(54)56-6/h11-14,17-19,21-22,30-31,33-34H,7-10,15-16,20H2,1-6H3,(H,43,45)(H,44,46)(H,47,53)(H,48,54)/t30-,31-,33-,34-/m0/s1. The Bertz CT molecular complexity index is 2170. The van der Waals surface area contributed by atoms with Gasteiger partial charge >= 0.3 is 12.2 Å². The maximum absolute atomic E-state index is 16.3. The van der Waals surface area contributed by atoms with Crippen LogP contribution in [0.2, 0.25) is 0 Å². The van der Waals surface area contributed by atoms with Crippen LogP contribution in [0.15, 0.2) is 42.7 Å². The van der Waals surface area contributed by atoms with Crippen LogP contribution in [0.1, 0.15) is 82.7 Å². The van der Waals surface area contributed by atoms with Crippen LogP contribution in [-0.2, 0) is 25.7 Å². The number of alkyl carbamates (subject to hydrolysis) is 2. The average Bonchev–Trinajstić information content (AvgIpc) is 4.05. The van der Waals surface area contributed by atoms with Gasteiger partial charge in [-0.25, -0.2) is 23.9 Å². The first-order valence-corrected chi connectivity index (χ1v) is 19.4. The van der Waals surface area contributed by atoms with E-state index in [0.717, 1.165) is 41.6 Å². The maximum Gasteiger partial charge on any atom is 0.407 e. The minimum atomic E-state index is -0.763. The van der Waals surface area contributed by atoms with Crippen molar-refractivity contribution in [1.82, 2.24) is 40.4 Å². The monoisotopic (exact) mass is 784 g/mol. The third-order valence-corrected chi connectivity index (χ3v) is 11.1. The molecule has 0 bridgehead atoms. The van der Waals surface area contributed by atoms with Gasteiger partial charge in [0.15, 0.2) is 11.6 Å². The first-order chi connectivity index (χ1) is 27.4. The molecule has 4 N–H and O–H groups in total. The van der Waals surface area contributed by atoms with Gasteiger partial charge in [0.1, 0.15) is 30.3 Å². The van der Waals surface area contributed by atoms with Crippen molar-refractivity contribution in [2.24, 2.45) is 11.8 Å². The highest BCUT2D eigenvalue weighted by molar-refractivity contribution is 5.87. The Hall–Kier alpha value is -5.93. The number of methoxy groups -OCH3 is 2. The summed E-state index contributed by atoms with van der Waals surface area (Å²) in [5.74, 6) is 0.118. The molecule has 2 fully saturated rings. The van der Waals surface area contributed by atoms with E-state index in [1.807, 2.05) is 52.0 Å². The number of H-pyrrole nitrogens is 2. The number of nitrogens with one attached hydrogen (secondary N) is 4. The predicted octanol–water partition coefficient (Wildman–Crippen LogP) is 6.25. The molecule has 4 atom stereocenters. The molecule has 4 amide bonds. The fraction of sp³-hybridized carbons (Fsp3) is 0.463. The van der Waals surface area contributed by atoms with Gasteiger partial charge in [0.2, 0.25) is 11.8 Å². The molecule has 5 heterocycles. The van der Waals surface area contributed by atoms with Crippen LogP contribution >= 0.6 is 0 Å². The number of amides is 4. The smallest absolute Gasteiger partial charge is 0.407 e. The number of imidazole rings is 2. The molecule has 0 radical (unpaired) electrons. The third kappa shape index (κ3) is 7.64. The second-order valence-corrected chi connectivity index (χ2v) is 15.4. The normalized spacial score (nSPS) is 18.5. The molecule has 0 spiro atoms. The molecule has 0 saturated carbocycles. The van der Waals surface area contributed by atoms with Gasteiger partial charge in [0.25, 0.3) is 0 Å². The summed E-state index contributed by atoms with van der Waals surface area (Å²) in [7, 11) is 2.53. The van der Waals surface area contributed by atoms with Gasteiger partial charge in [-0.2, -0.15) is 0 Å². The summed E-state index contributed by atoms with van der Waals surface area (Å²) in [4.78, 5) is 70.5. The molecule has 3 aliphatic heterocycles. The largest absolute Gasteiger partial charge is 0.485 e. The Kier molecular flexibility index (Phi) is 11.2. The number of hydrogen-bond donors (Lipinski definition) is 4. The van der Waals surface area contributed by atoms with Crippen molar-refractivity contribution in [3.05, 3.63) is 65.8 Å². The summed E-state index contributed by atoms with van der Waals surface area (Å²) in [6.07, 6.45) is 4.96. The van der Waals surface area contributed by atoms with Crippen molar-refractivity contribution in [1.29, 1.82) is 0 Å². The Morgan fingerprint density at radius 1 is 0.772 bits per heavy atom. The minimum absolute atomic E-state index is 0.138. The summed E-state index contributed by atoms with van der Waals surface area (Å²) in [6.45, 7) is 8.68. The lowest BCUT2D eigenvalue weighted by molar-refractivity contribution is -0.136. The van der Waals surface area contributed by atoms with Crippen molar-refractivity contribution >= 4 is 24.0 Å². The van der Waals surface area contributed by atoms with E-state index in [-0.39, 0.29) is 48.1 Å². The third-order valence-electron chi connectivity index (χ3n) is 11.1. The number of hydrogen-bond acceptors (Lipinski definition) is 9. The van der Waals surface area contributed by atoms with Gasteiger partial charge < -0.3 is 44.6 Å². The van der Waals surface area contributed by atoms with E-state index in [9.17, 15) is 19.2 Å². The van der Waals surface area contributed by atoms with E-state index in [4.69, 9.17) is 14.2 Å². The summed E-state index contributed by atoms with van der Waals surface area (Å²) >= 11 is 0. The van der Waals surface area contributed by atoms with E-state index in [1.54, 1.807) is 28.3 Å². The second-order valence-electron chi connectivity index (χ2n) is 15.4. The Morgan fingerprint density at radius 3 is 1.82 bits per heavy atom. The zero-order valence-corrected chi connectivity index (χ0v) is 33.0. The molecule has 7 rings (SSSR count). The number of aromatic nitrogens is 4. The van der Waals surface area contributed by atoms with Gasteiger partial charge in [0.05, 0.1) is 50.1 Å². The number of rotatable bonds is 10. The van der Waals surface area contributed by atoms with E-state index in [1.165, 1.54) is 14.2 Å². The summed E-state index contributed by atoms with van der Waals surface area (Å²) in [6, 6.07) is 7.31. The summed E-state index contributed by atoms with van der Waals surface area (Å²) in [5.41, 5.74) is 4.74. The summed E-state index contributed by atoms with van der Waals surface area (Å²) in [5, 5.41) is 5.33. The molecule has 2 aromatic heterocycles. The maximum atomic E-state index is 16.3. The SMILES string of the molecule is COC(=O)N[C@H](C(=O)N1CCC[C@H]1c1ncc(-c2ccc3c(c2)COc2c-3ccc(-c3cnc([C@@H]4CCCN4C(=O)[C@@H](NC(=O)OC)C(C)C)[nH]3)c2F)[nH]1)C(C)C. The molecular weight excluding hydrogens is 735 g/mol. The number of benzene rings is 2. The Balaban J connectivity index is 1.08. The van der Waals surface area contributed by atoms with E-state index < -0.39 is 30.1 Å². The number of aromatic amines is 2. The van der Waals surface area contributed by atoms with Crippen LogP contribution in [0.25, 0.3) is 33.6 Å². The van der Waals surface area contributed by atoms with Crippen LogP contribution < -0.4 is 15.4 Å². The highest BCUT2D eigenvalue weighted by Crippen LogP contribution is 2.44. The number of carbonyl (C=O) groups excluding carboxylic acids is 4. The Morgan fingerprint density at radius 2 is 1.28 bits per heavy atom. The molecule has 302 valence electrons. The van der Waals surface area contributed by atoms with Crippen molar-refractivity contribution in [2.75, 3.05) is 27.3 Å². The topological polar surface area (TPSA) is 184 Å². The number of likely N-dealkylation sites (tertiary alicyclic amines) is 2. The van der Waals surface area contributed by atoms with E-state index in [0.29, 0.717) is 48.0 Å². The zero-order chi connectivity index (χ0) is 40.5. The van der Waals surface area contributed by atoms with Gasteiger partial charge in [-0.05, 0) is 72.4 Å². The molecule has 0 aliphatic carbocycles. The average molecular weight is 785 g/mol. The summed E-state index contributed by atoms with van der Waals surface area (Å²) < 4.78 is 31.8. The van der Waals surface area contributed by atoms with Gasteiger partial charge in [-0.15, -0.1) is 0 Å². The molecule has 2 aromatic carbocycles. The first-order valence-electron chi connectivity index (χ1n) is 19.4. The number of halogens is 1. The van der Waals surface area contributed by atoms with Crippen LogP contribution in [0, 0.1) is 17.7 Å². The zero-order valence-electron chi connectivity index (χ0n) is 33.0. The van der Waals surface area contributed by atoms with Crippen molar-refractivity contribution < 1.29 is 37.8 Å². The minimum Gasteiger partial charge on any atom is -0.485 e. The fourth-order valence-corrected chi connectivity index (χ4v) is 8.09. The van der Waals surface area contributed by atoms with E-state index >= 15 is 4.39 Å². The molecule has 57 heavy (non-hydrogen) atoms. The lowest BCUT2D eigenvalue weighted by atomic mass is 9.93. The number of nitrogens with zero attached hydrogens (tertiary/aromatic N) is 4. The van der Waals surface area contributed by atoms with Crippen molar-refractivity contribution in [3.8, 4) is 39.4 Å². The number of ether oxygens (including phenoxy) is 3. The first kappa shape index (κ1) is 39.3. The molecular formula is C41H49FN8O7. The molecule has 2 saturated heterocycles. The second kappa shape index (κ2) is 16.3. The lowest BCUT2D eigenvalue weighted by Crippen LogP contribution is -2.51. The molecule has 0 unspecified atom stereocenters. The van der Waals surface area contributed by atoms with Crippen LogP contribution in [0.3, 0.4) is 0 Å². The number of carbonyl (C=O) groups is 4. The number of fused-ring (bicyclic) bond motifs is 3. The fourth-order valence-electron chi connectivity index (χ4n) is 8.09. The molecule has 15 nitrogen and oxygen atoms in total. The molecule has 4 aromatic rings. The lowest BCUT2D eigenvalue weighted by Gasteiger charge is -2.30. The van der Waals surface area contributed by atoms with E-state index in [2.05, 4.69) is 30.6 Å². The predicted molar refractivity (Wildman–Crippen MR) is 207 cm³/mol. The van der Waals surface area contributed by atoms with Gasteiger partial charge in [-0.3, -0.25) is 9.59 Å². The van der Waals surface area contributed by atoms with Gasteiger partial charge in [0, 0.05) is 24.2 Å². The van der Waals surface area contributed by atoms with Crippen LogP contribution in [0.5, 0.6) is 5.75 Å². The molecule has 16 heteroatoms. The molecule has 3 aliphatic rings. The van der Waals surface area contributed by atoms with Gasteiger partial charge in [-0.1, -0.05) is 39.8 Å². The highest BCUT2D eigenvalue weighted by Gasteiger charge is 2.39.